The number of nitrogens with two attached hydrogens (primary N) is 2. The summed E-state index contributed by atoms with van der Waals surface area (Å²) in [5.41, 5.74) is 10.5. The van der Waals surface area contributed by atoms with E-state index in [2.05, 4.69) is 38.0 Å². The van der Waals surface area contributed by atoms with Crippen molar-refractivity contribution in [1.82, 2.24) is 5.32 Å². The Kier molecular flexibility index (Phi) is 6.44. The van der Waals surface area contributed by atoms with Gasteiger partial charge in [0.15, 0.2) is 11.8 Å². The smallest absolute Gasteiger partial charge is 0.190 e. The molecule has 0 aromatic carbocycles. The number of aliphatic imine (C=N–C) groups is 1. The van der Waals surface area contributed by atoms with Gasteiger partial charge in [-0.1, -0.05) is 26.8 Å². The van der Waals surface area contributed by atoms with Crippen LogP contribution in [0.15, 0.2) is 28.8 Å². The van der Waals surface area contributed by atoms with E-state index < -0.39 is 5.83 Å². The highest BCUT2D eigenvalue weighted by atomic mass is 19.1. The van der Waals surface area contributed by atoms with Crippen molar-refractivity contribution >= 4 is 5.96 Å². The van der Waals surface area contributed by atoms with Crippen LogP contribution in [0.3, 0.4) is 0 Å². The maximum absolute atomic E-state index is 13.9. The molecule has 1 unspecified atom stereocenters. The molecule has 0 fully saturated rings. The van der Waals surface area contributed by atoms with Crippen LogP contribution in [0.1, 0.15) is 41.0 Å². The van der Waals surface area contributed by atoms with Gasteiger partial charge in [-0.2, -0.15) is 0 Å². The zero-order valence-electron chi connectivity index (χ0n) is 11.9. The number of halogens is 1. The van der Waals surface area contributed by atoms with Crippen LogP contribution in [0.25, 0.3) is 0 Å². The molecule has 0 saturated carbocycles. The Morgan fingerprint density at radius 3 is 2.33 bits per heavy atom. The van der Waals surface area contributed by atoms with E-state index in [1.165, 1.54) is 0 Å². The second-order valence-electron chi connectivity index (χ2n) is 4.78. The summed E-state index contributed by atoms with van der Waals surface area (Å²) >= 11 is 0. The van der Waals surface area contributed by atoms with Gasteiger partial charge in [0.25, 0.3) is 0 Å². The van der Waals surface area contributed by atoms with Gasteiger partial charge in [0.1, 0.15) is 0 Å². The first-order valence-electron chi connectivity index (χ1n) is 6.16. The van der Waals surface area contributed by atoms with Gasteiger partial charge in [0.2, 0.25) is 0 Å². The fourth-order valence-corrected chi connectivity index (χ4v) is 1.42. The molecule has 0 aliphatic rings. The Bertz CT molecular complexity index is 354. The second-order valence-corrected chi connectivity index (χ2v) is 4.78. The quantitative estimate of drug-likeness (QED) is 0.388. The van der Waals surface area contributed by atoms with Gasteiger partial charge in [-0.15, -0.1) is 0 Å². The van der Waals surface area contributed by atoms with Crippen LogP contribution in [0.5, 0.6) is 0 Å². The summed E-state index contributed by atoms with van der Waals surface area (Å²) in [4.78, 5) is 3.55. The van der Waals surface area contributed by atoms with Crippen LogP contribution in [-0.2, 0) is 0 Å². The van der Waals surface area contributed by atoms with Crippen molar-refractivity contribution in [2.24, 2.45) is 22.4 Å². The lowest BCUT2D eigenvalue weighted by atomic mass is 9.85. The number of hydrogen-bond donors (Lipinski definition) is 3. The van der Waals surface area contributed by atoms with Crippen molar-refractivity contribution < 1.29 is 4.39 Å². The molecule has 4 nitrogen and oxygen atoms in total. The molecule has 0 aliphatic heterocycles. The largest absolute Gasteiger partial charge is 0.377 e. The number of allylic oxidation sites excluding steroid dienone is 2. The fraction of sp³-hybridized carbons (Fsp3) is 0.615. The van der Waals surface area contributed by atoms with E-state index in [1.54, 1.807) is 13.0 Å². The molecule has 18 heavy (non-hydrogen) atoms. The van der Waals surface area contributed by atoms with E-state index in [1.807, 2.05) is 0 Å². The highest BCUT2D eigenvalue weighted by Crippen LogP contribution is 2.24. The molecule has 1 atom stereocenters. The predicted molar refractivity (Wildman–Crippen MR) is 75.4 cm³/mol. The third kappa shape index (κ3) is 4.77. The molecule has 104 valence electrons. The molecule has 0 spiro atoms. The van der Waals surface area contributed by atoms with Gasteiger partial charge in [0.05, 0.1) is 11.9 Å². The lowest BCUT2D eigenvalue weighted by molar-refractivity contribution is 0.271. The van der Waals surface area contributed by atoms with Gasteiger partial charge in [-0.3, -0.25) is 0 Å². The second kappa shape index (κ2) is 7.03. The van der Waals surface area contributed by atoms with Gasteiger partial charge < -0.3 is 16.8 Å². The summed E-state index contributed by atoms with van der Waals surface area (Å²) in [5, 5.41) is 3.22. The molecule has 0 aromatic rings. The Labute approximate surface area is 109 Å². The van der Waals surface area contributed by atoms with E-state index >= 15 is 0 Å². The third-order valence-electron chi connectivity index (χ3n) is 3.30. The number of rotatable bonds is 6. The number of guanidine groups is 1. The Balaban J connectivity index is 5.04. The Morgan fingerprint density at radius 2 is 2.00 bits per heavy atom. The molecule has 0 bridgehead atoms. The average molecular weight is 256 g/mol. The topological polar surface area (TPSA) is 76.4 Å². The van der Waals surface area contributed by atoms with Crippen LogP contribution in [0.2, 0.25) is 0 Å². The molecular formula is C13H25FN4. The fourth-order valence-electron chi connectivity index (χ4n) is 1.42. The monoisotopic (exact) mass is 256 g/mol. The Morgan fingerprint density at radius 1 is 1.44 bits per heavy atom. The van der Waals surface area contributed by atoms with Gasteiger partial charge in [-0.25, -0.2) is 9.38 Å². The zero-order valence-corrected chi connectivity index (χ0v) is 11.9. The number of nitrogens with one attached hydrogen (secondary N) is 1. The summed E-state index contributed by atoms with van der Waals surface area (Å²) in [5.74, 6) is -0.276. The minimum Gasteiger partial charge on any atom is -0.377 e. The van der Waals surface area contributed by atoms with Crippen molar-refractivity contribution in [3.8, 4) is 0 Å². The predicted octanol–water partition coefficient (Wildman–Crippen LogP) is 2.39. The first-order chi connectivity index (χ1) is 8.26. The molecule has 0 aromatic heterocycles. The first kappa shape index (κ1) is 16.5. The van der Waals surface area contributed by atoms with Crippen LogP contribution in [0.4, 0.5) is 4.39 Å². The van der Waals surface area contributed by atoms with Crippen molar-refractivity contribution in [2.75, 3.05) is 0 Å². The van der Waals surface area contributed by atoms with Gasteiger partial charge in [0, 0.05) is 5.54 Å². The molecule has 5 heteroatoms. The Hall–Kier alpha value is -1.52. The maximum atomic E-state index is 13.9. The summed E-state index contributed by atoms with van der Waals surface area (Å²) in [6.07, 6.45) is 3.58. The van der Waals surface area contributed by atoms with Crippen molar-refractivity contribution in [2.45, 2.75) is 46.6 Å². The van der Waals surface area contributed by atoms with E-state index in [0.29, 0.717) is 11.6 Å². The van der Waals surface area contributed by atoms with Gasteiger partial charge in [-0.05, 0) is 26.2 Å². The van der Waals surface area contributed by atoms with Gasteiger partial charge >= 0.3 is 0 Å². The molecule has 0 rings (SSSR count). The van der Waals surface area contributed by atoms with Crippen LogP contribution < -0.4 is 16.8 Å². The number of hydrogen-bond acceptors (Lipinski definition) is 2. The zero-order chi connectivity index (χ0) is 14.3. The summed E-state index contributed by atoms with van der Waals surface area (Å²) in [6.45, 7) is 10.1. The molecular weight excluding hydrogens is 231 g/mol. The van der Waals surface area contributed by atoms with Crippen molar-refractivity contribution in [1.29, 1.82) is 0 Å². The van der Waals surface area contributed by atoms with Crippen LogP contribution in [-0.4, -0.2) is 11.5 Å². The third-order valence-corrected chi connectivity index (χ3v) is 3.30. The normalized spacial score (nSPS) is 16.4. The average Bonchev–Trinajstić information content (AvgIpc) is 2.32. The van der Waals surface area contributed by atoms with Crippen molar-refractivity contribution in [3.63, 3.8) is 0 Å². The minimum absolute atomic E-state index is 0.164. The van der Waals surface area contributed by atoms with E-state index in [0.717, 1.165) is 12.6 Å². The van der Waals surface area contributed by atoms with Crippen LogP contribution in [0, 0.1) is 5.92 Å². The SMILES string of the molecule is C/C=C(NC(C)(CC)C(C)C)\C(F)=C/N=C(N)N. The standard InChI is InChI=1S/C13H25FN4/c1-6-11(10(14)8-17-12(15)16)18-13(5,7-2)9(3)4/h6,8-9,18H,7H2,1-5H3,(H4,15,16,17)/b10-8+,11-6+. The first-order valence-corrected chi connectivity index (χ1v) is 6.16. The highest BCUT2D eigenvalue weighted by molar-refractivity contribution is 5.76. The molecule has 5 N–H and O–H groups in total. The van der Waals surface area contributed by atoms with E-state index in [9.17, 15) is 4.39 Å². The molecule has 0 saturated heterocycles. The molecule has 0 radical (unpaired) electrons. The summed E-state index contributed by atoms with van der Waals surface area (Å²) in [7, 11) is 0. The molecule has 0 amide bonds. The lowest BCUT2D eigenvalue weighted by Crippen LogP contribution is -2.45. The number of nitrogens with zero attached hydrogens (tertiary/aromatic N) is 1. The summed E-state index contributed by atoms with van der Waals surface area (Å²) in [6, 6.07) is 0. The molecule has 0 heterocycles. The molecule has 0 aliphatic carbocycles. The van der Waals surface area contributed by atoms with Crippen LogP contribution >= 0.6 is 0 Å². The summed E-state index contributed by atoms with van der Waals surface area (Å²) < 4.78 is 13.9. The van der Waals surface area contributed by atoms with E-state index in [4.69, 9.17) is 11.5 Å². The highest BCUT2D eigenvalue weighted by Gasteiger charge is 2.27. The van der Waals surface area contributed by atoms with E-state index in [-0.39, 0.29) is 11.5 Å². The minimum atomic E-state index is -0.480. The lowest BCUT2D eigenvalue weighted by Gasteiger charge is -2.35. The van der Waals surface area contributed by atoms with Crippen molar-refractivity contribution in [3.05, 3.63) is 23.8 Å². The maximum Gasteiger partial charge on any atom is 0.190 e.